The van der Waals surface area contributed by atoms with Gasteiger partial charge in [0.05, 0.1) is 11.2 Å². The largest absolute Gasteiger partial charge is 0.396 e. The van der Waals surface area contributed by atoms with Crippen molar-refractivity contribution in [1.29, 1.82) is 0 Å². The van der Waals surface area contributed by atoms with Crippen LogP contribution in [0, 0.1) is 0 Å². The van der Waals surface area contributed by atoms with Crippen molar-refractivity contribution in [3.8, 4) is 0 Å². The molecule has 0 saturated heterocycles. The van der Waals surface area contributed by atoms with Crippen molar-refractivity contribution < 1.29 is 5.11 Å². The van der Waals surface area contributed by atoms with Gasteiger partial charge in [-0.1, -0.05) is 24.3 Å². The zero-order valence-corrected chi connectivity index (χ0v) is 10.8. The molecule has 2 aromatic rings. The maximum atomic E-state index is 8.78. The van der Waals surface area contributed by atoms with Crippen LogP contribution in [0.25, 0.3) is 10.9 Å². The number of nitrogens with zero attached hydrogens (tertiary/aromatic N) is 1. The van der Waals surface area contributed by atoms with Crippen molar-refractivity contribution in [3.05, 3.63) is 42.1 Å². The van der Waals surface area contributed by atoms with E-state index < -0.39 is 0 Å². The van der Waals surface area contributed by atoms with Crippen LogP contribution in [0.4, 0.5) is 0 Å². The van der Waals surface area contributed by atoms with Crippen molar-refractivity contribution >= 4 is 10.9 Å². The van der Waals surface area contributed by atoms with Crippen LogP contribution >= 0.6 is 0 Å². The standard InChI is InChI=1S/C15H20N2O/c1-12(5-4-10-18)16-11-14-9-8-13-6-2-3-7-15(13)17-14/h2-3,6-9,12,16,18H,4-5,10-11H2,1H3. The van der Waals surface area contributed by atoms with Crippen molar-refractivity contribution in [2.24, 2.45) is 0 Å². The number of aliphatic hydroxyl groups excluding tert-OH is 1. The van der Waals surface area contributed by atoms with Crippen LogP contribution in [0.5, 0.6) is 0 Å². The predicted molar refractivity (Wildman–Crippen MR) is 74.4 cm³/mol. The molecule has 0 radical (unpaired) electrons. The monoisotopic (exact) mass is 244 g/mol. The highest BCUT2D eigenvalue weighted by molar-refractivity contribution is 5.78. The number of fused-ring (bicyclic) bond motifs is 1. The molecule has 3 heteroatoms. The molecule has 0 bridgehead atoms. The minimum atomic E-state index is 0.264. The normalized spacial score (nSPS) is 12.8. The number of hydrogen-bond acceptors (Lipinski definition) is 3. The molecule has 0 amide bonds. The summed E-state index contributed by atoms with van der Waals surface area (Å²) in [5, 5.41) is 13.4. The Kier molecular flexibility index (Phi) is 4.67. The van der Waals surface area contributed by atoms with E-state index in [2.05, 4.69) is 35.4 Å². The van der Waals surface area contributed by atoms with E-state index in [0.29, 0.717) is 6.04 Å². The molecule has 1 atom stereocenters. The minimum absolute atomic E-state index is 0.264. The molecule has 1 heterocycles. The maximum Gasteiger partial charge on any atom is 0.0705 e. The summed E-state index contributed by atoms with van der Waals surface area (Å²) >= 11 is 0. The van der Waals surface area contributed by atoms with Gasteiger partial charge in [0.2, 0.25) is 0 Å². The average Bonchev–Trinajstić information content (AvgIpc) is 2.42. The lowest BCUT2D eigenvalue weighted by atomic mass is 10.1. The van der Waals surface area contributed by atoms with Crippen LogP contribution in [0.2, 0.25) is 0 Å². The van der Waals surface area contributed by atoms with Crippen LogP contribution in [0.1, 0.15) is 25.5 Å². The summed E-state index contributed by atoms with van der Waals surface area (Å²) in [5.41, 5.74) is 2.10. The van der Waals surface area contributed by atoms with Gasteiger partial charge >= 0.3 is 0 Å². The lowest BCUT2D eigenvalue weighted by Crippen LogP contribution is -2.26. The second-order valence-corrected chi connectivity index (χ2v) is 4.64. The van der Waals surface area contributed by atoms with Crippen molar-refractivity contribution in [2.75, 3.05) is 6.61 Å². The number of rotatable bonds is 6. The van der Waals surface area contributed by atoms with Crippen LogP contribution in [-0.2, 0) is 6.54 Å². The van der Waals surface area contributed by atoms with Gasteiger partial charge in [-0.2, -0.15) is 0 Å². The molecular formula is C15H20N2O. The summed E-state index contributed by atoms with van der Waals surface area (Å²) in [7, 11) is 0. The molecule has 0 aliphatic carbocycles. The Balaban J connectivity index is 1.95. The number of aromatic nitrogens is 1. The molecule has 2 N–H and O–H groups in total. The van der Waals surface area contributed by atoms with Crippen LogP contribution in [0.15, 0.2) is 36.4 Å². The Labute approximate surface area is 108 Å². The Morgan fingerprint density at radius 1 is 1.22 bits per heavy atom. The van der Waals surface area contributed by atoms with Gasteiger partial charge in [0.15, 0.2) is 0 Å². The quantitative estimate of drug-likeness (QED) is 0.820. The van der Waals surface area contributed by atoms with Crippen LogP contribution < -0.4 is 5.32 Å². The van der Waals surface area contributed by atoms with E-state index >= 15 is 0 Å². The van der Waals surface area contributed by atoms with Gasteiger partial charge in [-0.3, -0.25) is 4.98 Å². The zero-order valence-electron chi connectivity index (χ0n) is 10.8. The first-order chi connectivity index (χ1) is 8.79. The van der Waals surface area contributed by atoms with Crippen molar-refractivity contribution in [3.63, 3.8) is 0 Å². The molecular weight excluding hydrogens is 224 g/mol. The van der Waals surface area contributed by atoms with E-state index in [1.807, 2.05) is 18.2 Å². The molecule has 96 valence electrons. The van der Waals surface area contributed by atoms with Crippen LogP contribution in [0.3, 0.4) is 0 Å². The third-order valence-electron chi connectivity index (χ3n) is 3.08. The van der Waals surface area contributed by atoms with E-state index in [1.54, 1.807) is 0 Å². The van der Waals surface area contributed by atoms with E-state index in [1.165, 1.54) is 5.39 Å². The Morgan fingerprint density at radius 3 is 2.89 bits per heavy atom. The van der Waals surface area contributed by atoms with Gasteiger partial charge in [-0.25, -0.2) is 0 Å². The second kappa shape index (κ2) is 6.47. The van der Waals surface area contributed by atoms with Gasteiger partial charge in [-0.15, -0.1) is 0 Å². The highest BCUT2D eigenvalue weighted by Gasteiger charge is 2.02. The van der Waals surface area contributed by atoms with E-state index in [4.69, 9.17) is 5.11 Å². The third-order valence-corrected chi connectivity index (χ3v) is 3.08. The van der Waals surface area contributed by atoms with Crippen LogP contribution in [-0.4, -0.2) is 22.7 Å². The van der Waals surface area contributed by atoms with Gasteiger partial charge < -0.3 is 10.4 Å². The predicted octanol–water partition coefficient (Wildman–Crippen LogP) is 2.49. The molecule has 3 nitrogen and oxygen atoms in total. The van der Waals surface area contributed by atoms with E-state index in [9.17, 15) is 0 Å². The molecule has 0 fully saturated rings. The first-order valence-corrected chi connectivity index (χ1v) is 6.48. The van der Waals surface area contributed by atoms with Gasteiger partial charge in [0.1, 0.15) is 0 Å². The van der Waals surface area contributed by atoms with Gasteiger partial charge in [0.25, 0.3) is 0 Å². The number of hydrogen-bond donors (Lipinski definition) is 2. The first kappa shape index (κ1) is 13.0. The summed E-state index contributed by atoms with van der Waals surface area (Å²) in [6, 6.07) is 12.7. The molecule has 0 saturated carbocycles. The highest BCUT2D eigenvalue weighted by atomic mass is 16.2. The summed E-state index contributed by atoms with van der Waals surface area (Å²) in [4.78, 5) is 4.62. The highest BCUT2D eigenvalue weighted by Crippen LogP contribution is 2.11. The SMILES string of the molecule is CC(CCCO)NCc1ccc2ccccc2n1. The zero-order chi connectivity index (χ0) is 12.8. The number of aliphatic hydroxyl groups is 1. The van der Waals surface area contributed by atoms with Crippen molar-refractivity contribution in [2.45, 2.75) is 32.4 Å². The third kappa shape index (κ3) is 3.52. The summed E-state index contributed by atoms with van der Waals surface area (Å²) in [6.07, 6.45) is 1.84. The fraction of sp³-hybridized carbons (Fsp3) is 0.400. The fourth-order valence-corrected chi connectivity index (χ4v) is 1.99. The molecule has 1 unspecified atom stereocenters. The maximum absolute atomic E-state index is 8.78. The molecule has 1 aromatic carbocycles. The Bertz CT molecular complexity index is 499. The molecule has 18 heavy (non-hydrogen) atoms. The molecule has 1 aromatic heterocycles. The topological polar surface area (TPSA) is 45.1 Å². The minimum Gasteiger partial charge on any atom is -0.396 e. The smallest absolute Gasteiger partial charge is 0.0705 e. The lowest BCUT2D eigenvalue weighted by Gasteiger charge is -2.12. The second-order valence-electron chi connectivity index (χ2n) is 4.64. The number of para-hydroxylation sites is 1. The number of nitrogens with one attached hydrogen (secondary N) is 1. The molecule has 0 aliphatic rings. The summed E-state index contributed by atoms with van der Waals surface area (Å²) in [6.45, 7) is 3.17. The average molecular weight is 244 g/mol. The van der Waals surface area contributed by atoms with E-state index in [0.717, 1.165) is 30.6 Å². The van der Waals surface area contributed by atoms with Crippen molar-refractivity contribution in [1.82, 2.24) is 10.3 Å². The first-order valence-electron chi connectivity index (χ1n) is 6.48. The number of pyridine rings is 1. The van der Waals surface area contributed by atoms with Gasteiger partial charge in [0, 0.05) is 24.6 Å². The lowest BCUT2D eigenvalue weighted by molar-refractivity contribution is 0.276. The Hall–Kier alpha value is -1.45. The molecule has 0 spiro atoms. The number of benzene rings is 1. The molecule has 0 aliphatic heterocycles. The Morgan fingerprint density at radius 2 is 2.06 bits per heavy atom. The van der Waals surface area contributed by atoms with E-state index in [-0.39, 0.29) is 6.61 Å². The summed E-state index contributed by atoms with van der Waals surface area (Å²) < 4.78 is 0. The molecule has 2 rings (SSSR count). The fourth-order valence-electron chi connectivity index (χ4n) is 1.99. The van der Waals surface area contributed by atoms with Gasteiger partial charge in [-0.05, 0) is 31.9 Å². The summed E-state index contributed by atoms with van der Waals surface area (Å²) in [5.74, 6) is 0.